The van der Waals surface area contributed by atoms with Crippen molar-refractivity contribution in [1.82, 2.24) is 19.6 Å². The van der Waals surface area contributed by atoms with Gasteiger partial charge in [-0.05, 0) is 36.8 Å². The van der Waals surface area contributed by atoms with Gasteiger partial charge in [-0.25, -0.2) is 9.37 Å². The predicted octanol–water partition coefficient (Wildman–Crippen LogP) is 3.48. The SMILES string of the molecule is Cc1nnc2ccc(C(=O)Nc3ncc(Cc4ccc(F)cc4)s3)cn12. The maximum atomic E-state index is 13.0. The van der Waals surface area contributed by atoms with Crippen LogP contribution in [0, 0.1) is 12.7 Å². The smallest absolute Gasteiger partial charge is 0.258 e. The Morgan fingerprint density at radius 1 is 1.19 bits per heavy atom. The molecule has 0 atom stereocenters. The van der Waals surface area contributed by atoms with Crippen molar-refractivity contribution in [3.8, 4) is 0 Å². The second kappa shape index (κ2) is 6.64. The van der Waals surface area contributed by atoms with E-state index in [0.29, 0.717) is 28.6 Å². The molecule has 3 aromatic heterocycles. The quantitative estimate of drug-likeness (QED) is 0.599. The molecule has 0 saturated carbocycles. The summed E-state index contributed by atoms with van der Waals surface area (Å²) in [6, 6.07) is 9.79. The molecule has 0 fully saturated rings. The fourth-order valence-corrected chi connectivity index (χ4v) is 3.40. The summed E-state index contributed by atoms with van der Waals surface area (Å²) in [5, 5.41) is 11.3. The fourth-order valence-electron chi connectivity index (χ4n) is 2.56. The van der Waals surface area contributed by atoms with Crippen molar-refractivity contribution in [2.24, 2.45) is 0 Å². The lowest BCUT2D eigenvalue weighted by atomic mass is 10.1. The average molecular weight is 367 g/mol. The molecule has 0 saturated heterocycles. The Hall–Kier alpha value is -3.13. The van der Waals surface area contributed by atoms with Gasteiger partial charge in [-0.1, -0.05) is 12.1 Å². The number of hydrogen-bond acceptors (Lipinski definition) is 5. The Bertz CT molecular complexity index is 1090. The second-order valence-corrected chi connectivity index (χ2v) is 6.90. The molecule has 130 valence electrons. The summed E-state index contributed by atoms with van der Waals surface area (Å²) < 4.78 is 14.7. The number of halogens is 1. The number of nitrogens with zero attached hydrogens (tertiary/aromatic N) is 4. The predicted molar refractivity (Wildman–Crippen MR) is 97.0 cm³/mol. The van der Waals surface area contributed by atoms with Crippen molar-refractivity contribution in [3.63, 3.8) is 0 Å². The summed E-state index contributed by atoms with van der Waals surface area (Å²) in [6.07, 6.45) is 4.06. The zero-order chi connectivity index (χ0) is 18.1. The first-order chi connectivity index (χ1) is 12.6. The van der Waals surface area contributed by atoms with Gasteiger partial charge < -0.3 is 0 Å². The van der Waals surface area contributed by atoms with Crippen LogP contribution in [0.25, 0.3) is 5.65 Å². The third kappa shape index (κ3) is 3.31. The molecule has 4 aromatic rings. The first kappa shape index (κ1) is 16.3. The molecular weight excluding hydrogens is 353 g/mol. The lowest BCUT2D eigenvalue weighted by Crippen LogP contribution is -2.12. The topological polar surface area (TPSA) is 72.2 Å². The van der Waals surface area contributed by atoms with Crippen LogP contribution in [0.2, 0.25) is 0 Å². The number of aryl methyl sites for hydroxylation is 1. The summed E-state index contributed by atoms with van der Waals surface area (Å²) in [5.74, 6) is 0.208. The molecule has 0 aliphatic heterocycles. The van der Waals surface area contributed by atoms with Crippen LogP contribution >= 0.6 is 11.3 Å². The van der Waals surface area contributed by atoms with Gasteiger partial charge in [0.25, 0.3) is 5.91 Å². The number of pyridine rings is 1. The van der Waals surface area contributed by atoms with Crippen molar-refractivity contribution in [2.45, 2.75) is 13.3 Å². The highest BCUT2D eigenvalue weighted by Gasteiger charge is 2.11. The Morgan fingerprint density at radius 2 is 2.00 bits per heavy atom. The van der Waals surface area contributed by atoms with Gasteiger partial charge in [0.2, 0.25) is 0 Å². The van der Waals surface area contributed by atoms with E-state index >= 15 is 0 Å². The van der Waals surface area contributed by atoms with E-state index in [1.165, 1.54) is 23.5 Å². The van der Waals surface area contributed by atoms with Gasteiger partial charge >= 0.3 is 0 Å². The van der Waals surface area contributed by atoms with E-state index in [4.69, 9.17) is 0 Å². The Balaban J connectivity index is 1.48. The number of anilines is 1. The number of aromatic nitrogens is 4. The largest absolute Gasteiger partial charge is 0.298 e. The van der Waals surface area contributed by atoms with Crippen LogP contribution in [0.5, 0.6) is 0 Å². The highest BCUT2D eigenvalue weighted by atomic mass is 32.1. The van der Waals surface area contributed by atoms with Gasteiger partial charge in [0.15, 0.2) is 10.8 Å². The Morgan fingerprint density at radius 3 is 2.81 bits per heavy atom. The molecule has 4 rings (SSSR count). The van der Waals surface area contributed by atoms with Crippen LogP contribution in [-0.4, -0.2) is 25.5 Å². The summed E-state index contributed by atoms with van der Waals surface area (Å²) in [6.45, 7) is 1.82. The highest BCUT2D eigenvalue weighted by Crippen LogP contribution is 2.22. The molecule has 1 aromatic carbocycles. The van der Waals surface area contributed by atoms with Crippen molar-refractivity contribution in [3.05, 3.63) is 76.4 Å². The third-order valence-electron chi connectivity index (χ3n) is 3.90. The number of carbonyl (C=O) groups is 1. The van der Waals surface area contributed by atoms with Gasteiger partial charge in [0.05, 0.1) is 5.56 Å². The number of nitrogens with one attached hydrogen (secondary N) is 1. The average Bonchev–Trinajstić information content (AvgIpc) is 3.23. The summed E-state index contributed by atoms with van der Waals surface area (Å²) in [7, 11) is 0. The maximum absolute atomic E-state index is 13.0. The molecule has 1 amide bonds. The molecule has 26 heavy (non-hydrogen) atoms. The number of carbonyl (C=O) groups excluding carboxylic acids is 1. The summed E-state index contributed by atoms with van der Waals surface area (Å²) in [5.41, 5.74) is 2.17. The monoisotopic (exact) mass is 367 g/mol. The Labute approximate surface area is 152 Å². The minimum Gasteiger partial charge on any atom is -0.298 e. The minimum absolute atomic E-state index is 0.248. The van der Waals surface area contributed by atoms with Crippen LogP contribution in [0.1, 0.15) is 26.6 Å². The van der Waals surface area contributed by atoms with Gasteiger partial charge in [0.1, 0.15) is 11.6 Å². The van der Waals surface area contributed by atoms with Gasteiger partial charge in [-0.2, -0.15) is 0 Å². The van der Waals surface area contributed by atoms with Crippen LogP contribution in [0.15, 0.2) is 48.8 Å². The first-order valence-electron chi connectivity index (χ1n) is 7.90. The van der Waals surface area contributed by atoms with E-state index in [-0.39, 0.29) is 11.7 Å². The lowest BCUT2D eigenvalue weighted by Gasteiger charge is -2.03. The number of thiazole rings is 1. The normalized spacial score (nSPS) is 11.0. The number of benzene rings is 1. The van der Waals surface area contributed by atoms with Crippen molar-refractivity contribution >= 4 is 28.0 Å². The zero-order valence-corrected chi connectivity index (χ0v) is 14.6. The molecule has 0 aliphatic rings. The minimum atomic E-state index is -0.258. The molecule has 0 spiro atoms. The number of fused-ring (bicyclic) bond motifs is 1. The summed E-state index contributed by atoms with van der Waals surface area (Å²) >= 11 is 1.40. The summed E-state index contributed by atoms with van der Waals surface area (Å²) in [4.78, 5) is 17.7. The van der Waals surface area contributed by atoms with Crippen LogP contribution < -0.4 is 5.32 Å². The molecule has 0 radical (unpaired) electrons. The lowest BCUT2D eigenvalue weighted by molar-refractivity contribution is 0.102. The number of hydrogen-bond donors (Lipinski definition) is 1. The van der Waals surface area contributed by atoms with Crippen molar-refractivity contribution < 1.29 is 9.18 Å². The number of amides is 1. The molecule has 6 nitrogen and oxygen atoms in total. The standard InChI is InChI=1S/C18H14FN5OS/c1-11-22-23-16-7-4-13(10-24(11)16)17(25)21-18-20-9-15(26-18)8-12-2-5-14(19)6-3-12/h2-7,9-10H,8H2,1H3,(H,20,21,25). The van der Waals surface area contributed by atoms with Crippen LogP contribution in [-0.2, 0) is 6.42 Å². The van der Waals surface area contributed by atoms with Crippen LogP contribution in [0.3, 0.4) is 0 Å². The molecule has 0 unspecified atom stereocenters. The fraction of sp³-hybridized carbons (Fsp3) is 0.111. The van der Waals surface area contributed by atoms with Crippen molar-refractivity contribution in [2.75, 3.05) is 5.32 Å². The molecule has 3 heterocycles. The second-order valence-electron chi connectivity index (χ2n) is 5.78. The van der Waals surface area contributed by atoms with E-state index in [1.807, 2.05) is 6.92 Å². The van der Waals surface area contributed by atoms with Gasteiger partial charge in [0, 0.05) is 23.7 Å². The molecule has 0 aliphatic carbocycles. The van der Waals surface area contributed by atoms with Gasteiger partial charge in [-0.3, -0.25) is 14.5 Å². The number of rotatable bonds is 4. The van der Waals surface area contributed by atoms with E-state index in [2.05, 4.69) is 20.5 Å². The highest BCUT2D eigenvalue weighted by molar-refractivity contribution is 7.15. The van der Waals surface area contributed by atoms with Crippen LogP contribution in [0.4, 0.5) is 9.52 Å². The molecule has 8 heteroatoms. The first-order valence-corrected chi connectivity index (χ1v) is 8.72. The maximum Gasteiger partial charge on any atom is 0.258 e. The van der Waals surface area contributed by atoms with Gasteiger partial charge in [-0.15, -0.1) is 21.5 Å². The van der Waals surface area contributed by atoms with Crippen molar-refractivity contribution in [1.29, 1.82) is 0 Å². The third-order valence-corrected chi connectivity index (χ3v) is 4.81. The van der Waals surface area contributed by atoms with E-state index in [1.54, 1.807) is 41.1 Å². The van der Waals surface area contributed by atoms with E-state index in [9.17, 15) is 9.18 Å². The molecule has 0 bridgehead atoms. The molecule has 1 N–H and O–H groups in total. The Kier molecular flexibility index (Phi) is 4.18. The zero-order valence-electron chi connectivity index (χ0n) is 13.8. The van der Waals surface area contributed by atoms with E-state index < -0.39 is 0 Å². The molecular formula is C18H14FN5OS. The van der Waals surface area contributed by atoms with E-state index in [0.717, 1.165) is 10.4 Å².